The molecule has 1 aromatic heterocycles. The highest BCUT2D eigenvalue weighted by Gasteiger charge is 1.95. The van der Waals surface area contributed by atoms with Crippen molar-refractivity contribution in [3.63, 3.8) is 0 Å². The minimum absolute atomic E-state index is 0.996. The average molecular weight is 273 g/mol. The van der Waals surface area contributed by atoms with E-state index in [4.69, 9.17) is 0 Å². The van der Waals surface area contributed by atoms with Gasteiger partial charge in [-0.3, -0.25) is 0 Å². The van der Waals surface area contributed by atoms with E-state index >= 15 is 0 Å². The van der Waals surface area contributed by atoms with E-state index in [0.29, 0.717) is 0 Å². The van der Waals surface area contributed by atoms with Crippen molar-refractivity contribution in [1.82, 2.24) is 5.32 Å². The fourth-order valence-electron chi connectivity index (χ4n) is 2.19. The van der Waals surface area contributed by atoms with Crippen LogP contribution in [0.3, 0.4) is 0 Å². The Balaban J connectivity index is 1.42. The van der Waals surface area contributed by atoms with Gasteiger partial charge in [-0.25, -0.2) is 0 Å². The van der Waals surface area contributed by atoms with Gasteiger partial charge in [-0.2, -0.15) is 0 Å². The topological polar surface area (TPSA) is 12.0 Å². The normalized spacial score (nSPS) is 10.7. The van der Waals surface area contributed by atoms with Gasteiger partial charge in [-0.05, 0) is 42.8 Å². The maximum Gasteiger partial charge on any atom is 0.0205 e. The number of aryl methyl sites for hydroxylation is 1. The van der Waals surface area contributed by atoms with Crippen molar-refractivity contribution in [2.45, 2.75) is 38.6 Å². The number of hydrogen-bond acceptors (Lipinski definition) is 2. The Hall–Kier alpha value is -1.12. The molecule has 1 heterocycles. The molecule has 0 fully saturated rings. The maximum atomic E-state index is 3.51. The van der Waals surface area contributed by atoms with Gasteiger partial charge in [0.1, 0.15) is 0 Å². The predicted molar refractivity (Wildman–Crippen MR) is 84.6 cm³/mol. The first-order valence-corrected chi connectivity index (χ1v) is 8.10. The summed E-state index contributed by atoms with van der Waals surface area (Å²) in [6.45, 7) is 2.13. The highest BCUT2D eigenvalue weighted by Crippen LogP contribution is 2.13. The largest absolute Gasteiger partial charge is 0.313 e. The molecule has 0 unspecified atom stereocenters. The Bertz CT molecular complexity index is 422. The first kappa shape index (κ1) is 14.3. The standard InChI is InChI=1S/C17H23NS/c1(6-11-17-12-8-14-19-17)2-7-13-18-15-16-9-4-3-5-10-16/h3-5,8-10,12,14,18H,1-2,6-7,11,13,15H2. The third-order valence-corrected chi connectivity index (χ3v) is 4.21. The molecule has 102 valence electrons. The van der Waals surface area contributed by atoms with Crippen LogP contribution in [-0.2, 0) is 13.0 Å². The molecule has 1 aromatic carbocycles. The highest BCUT2D eigenvalue weighted by molar-refractivity contribution is 7.09. The maximum absolute atomic E-state index is 3.51. The van der Waals surface area contributed by atoms with Crippen molar-refractivity contribution in [3.8, 4) is 0 Å². The van der Waals surface area contributed by atoms with Crippen LogP contribution in [0, 0.1) is 0 Å². The molecule has 0 saturated carbocycles. The molecule has 0 atom stereocenters. The zero-order valence-corrected chi connectivity index (χ0v) is 12.3. The molecule has 2 aromatic rings. The summed E-state index contributed by atoms with van der Waals surface area (Å²) in [4.78, 5) is 1.53. The van der Waals surface area contributed by atoms with E-state index in [1.54, 1.807) is 0 Å². The monoisotopic (exact) mass is 273 g/mol. The third kappa shape index (κ3) is 6.04. The zero-order chi connectivity index (χ0) is 13.2. The molecule has 0 aliphatic rings. The van der Waals surface area contributed by atoms with Gasteiger partial charge in [0.2, 0.25) is 0 Å². The molecule has 0 amide bonds. The second kappa shape index (κ2) is 8.89. The van der Waals surface area contributed by atoms with E-state index in [9.17, 15) is 0 Å². The molecule has 0 aliphatic carbocycles. The molecule has 0 saturated heterocycles. The second-order valence-electron chi connectivity index (χ2n) is 4.91. The van der Waals surface area contributed by atoms with Gasteiger partial charge >= 0.3 is 0 Å². The lowest BCUT2D eigenvalue weighted by molar-refractivity contribution is 0.588. The number of nitrogens with one attached hydrogen (secondary N) is 1. The van der Waals surface area contributed by atoms with Crippen molar-refractivity contribution >= 4 is 11.3 Å². The SMILES string of the molecule is c1ccc(CNCCCCCCc2cccs2)cc1. The van der Waals surface area contributed by atoms with Crippen LogP contribution in [0.5, 0.6) is 0 Å². The molecule has 1 N–H and O–H groups in total. The summed E-state index contributed by atoms with van der Waals surface area (Å²) in [5.74, 6) is 0. The van der Waals surface area contributed by atoms with Crippen LogP contribution in [0.25, 0.3) is 0 Å². The number of benzene rings is 1. The summed E-state index contributed by atoms with van der Waals surface area (Å²) in [5.41, 5.74) is 1.38. The van der Waals surface area contributed by atoms with Crippen LogP contribution < -0.4 is 5.32 Å². The predicted octanol–water partition coefficient (Wildman–Crippen LogP) is 4.64. The minimum Gasteiger partial charge on any atom is -0.313 e. The van der Waals surface area contributed by atoms with Crippen molar-refractivity contribution in [2.75, 3.05) is 6.54 Å². The smallest absolute Gasteiger partial charge is 0.0205 e. The van der Waals surface area contributed by atoms with Crippen LogP contribution in [0.1, 0.15) is 36.1 Å². The summed E-state index contributed by atoms with van der Waals surface area (Å²) in [6, 6.07) is 15.0. The van der Waals surface area contributed by atoms with Crippen molar-refractivity contribution < 1.29 is 0 Å². The summed E-state index contributed by atoms with van der Waals surface area (Å²) in [6.07, 6.45) is 6.57. The fraction of sp³-hybridized carbons (Fsp3) is 0.412. The Morgan fingerprint density at radius 1 is 0.842 bits per heavy atom. The van der Waals surface area contributed by atoms with Crippen LogP contribution in [0.4, 0.5) is 0 Å². The number of thiophene rings is 1. The van der Waals surface area contributed by atoms with Gasteiger partial charge < -0.3 is 5.32 Å². The molecule has 19 heavy (non-hydrogen) atoms. The van der Waals surface area contributed by atoms with Gasteiger partial charge in [-0.1, -0.05) is 49.2 Å². The van der Waals surface area contributed by atoms with E-state index in [2.05, 4.69) is 53.2 Å². The van der Waals surface area contributed by atoms with Crippen LogP contribution in [0.2, 0.25) is 0 Å². The Morgan fingerprint density at radius 3 is 2.47 bits per heavy atom. The van der Waals surface area contributed by atoms with Crippen LogP contribution >= 0.6 is 11.3 Å². The van der Waals surface area contributed by atoms with E-state index in [-0.39, 0.29) is 0 Å². The van der Waals surface area contributed by atoms with Gasteiger partial charge in [0.15, 0.2) is 0 Å². The van der Waals surface area contributed by atoms with E-state index in [1.807, 2.05) is 11.3 Å². The number of hydrogen-bond donors (Lipinski definition) is 1. The van der Waals surface area contributed by atoms with Crippen molar-refractivity contribution in [1.29, 1.82) is 0 Å². The van der Waals surface area contributed by atoms with E-state index in [1.165, 1.54) is 42.5 Å². The zero-order valence-electron chi connectivity index (χ0n) is 11.5. The van der Waals surface area contributed by atoms with E-state index in [0.717, 1.165) is 13.1 Å². The molecule has 2 rings (SSSR count). The number of rotatable bonds is 9. The lowest BCUT2D eigenvalue weighted by Crippen LogP contribution is -2.14. The highest BCUT2D eigenvalue weighted by atomic mass is 32.1. The third-order valence-electron chi connectivity index (χ3n) is 3.28. The van der Waals surface area contributed by atoms with Crippen molar-refractivity contribution in [2.24, 2.45) is 0 Å². The van der Waals surface area contributed by atoms with E-state index < -0.39 is 0 Å². The average Bonchev–Trinajstić information content (AvgIpc) is 2.96. The van der Waals surface area contributed by atoms with Gasteiger partial charge in [0.05, 0.1) is 0 Å². The Labute approximate surface area is 120 Å². The minimum atomic E-state index is 0.996. The van der Waals surface area contributed by atoms with Gasteiger partial charge in [0, 0.05) is 11.4 Å². The Morgan fingerprint density at radius 2 is 1.68 bits per heavy atom. The van der Waals surface area contributed by atoms with Crippen LogP contribution in [-0.4, -0.2) is 6.54 Å². The lowest BCUT2D eigenvalue weighted by atomic mass is 10.1. The van der Waals surface area contributed by atoms with Gasteiger partial charge in [-0.15, -0.1) is 11.3 Å². The molecule has 0 aliphatic heterocycles. The molecule has 0 radical (unpaired) electrons. The fourth-order valence-corrected chi connectivity index (χ4v) is 2.94. The lowest BCUT2D eigenvalue weighted by Gasteiger charge is -2.04. The summed E-state index contributed by atoms with van der Waals surface area (Å²) >= 11 is 1.88. The first-order chi connectivity index (χ1) is 9.45. The first-order valence-electron chi connectivity index (χ1n) is 7.22. The molecular formula is C17H23NS. The summed E-state index contributed by atoms with van der Waals surface area (Å²) in [7, 11) is 0. The van der Waals surface area contributed by atoms with Gasteiger partial charge in [0.25, 0.3) is 0 Å². The summed E-state index contributed by atoms with van der Waals surface area (Å²) in [5, 5.41) is 5.68. The Kier molecular flexibility index (Phi) is 6.69. The van der Waals surface area contributed by atoms with Crippen LogP contribution in [0.15, 0.2) is 47.8 Å². The molecule has 0 bridgehead atoms. The molecule has 0 spiro atoms. The summed E-state index contributed by atoms with van der Waals surface area (Å²) < 4.78 is 0. The second-order valence-corrected chi connectivity index (χ2v) is 5.94. The van der Waals surface area contributed by atoms with Crippen molar-refractivity contribution in [3.05, 3.63) is 58.3 Å². The molecular weight excluding hydrogens is 250 g/mol. The molecule has 2 heteroatoms. The quantitative estimate of drug-likeness (QED) is 0.656. The molecule has 1 nitrogen and oxygen atoms in total. The number of unbranched alkanes of at least 4 members (excludes halogenated alkanes) is 3.